The number of nitrogens with two attached hydrogens (primary N) is 1. The monoisotopic (exact) mass is 208 g/mol. The van der Waals surface area contributed by atoms with Crippen molar-refractivity contribution >= 4 is 5.69 Å². The highest BCUT2D eigenvalue weighted by atomic mass is 19.1. The molecule has 15 heavy (non-hydrogen) atoms. The quantitative estimate of drug-likeness (QED) is 0.248. The van der Waals surface area contributed by atoms with E-state index in [-0.39, 0.29) is 17.8 Å². The van der Waals surface area contributed by atoms with Gasteiger partial charge in [-0.25, -0.2) is 8.78 Å². The first-order valence-corrected chi connectivity index (χ1v) is 3.89. The van der Waals surface area contributed by atoms with Gasteiger partial charge in [-0.1, -0.05) is 17.0 Å². The van der Waals surface area contributed by atoms with Crippen LogP contribution in [-0.4, -0.2) is 6.54 Å². The van der Waals surface area contributed by atoms with E-state index in [1.54, 1.807) is 0 Å². The van der Waals surface area contributed by atoms with Gasteiger partial charge in [-0.05, 0) is 11.6 Å². The van der Waals surface area contributed by atoms with Crippen LogP contribution in [0.25, 0.3) is 10.4 Å². The second-order valence-corrected chi connectivity index (χ2v) is 2.54. The van der Waals surface area contributed by atoms with Gasteiger partial charge in [0.15, 0.2) is 0 Å². The van der Waals surface area contributed by atoms with Crippen LogP contribution in [0.3, 0.4) is 0 Å². The summed E-state index contributed by atoms with van der Waals surface area (Å²) in [4.78, 5) is 2.47. The first kappa shape index (κ1) is 10.8. The standard InChI is InChI=1S/C9H6F2N4/c10-7-4-6(2-1-3-14-15-13)9(12)8(11)5-7/h4-5H,3,12H2. The van der Waals surface area contributed by atoms with Gasteiger partial charge in [-0.2, -0.15) is 0 Å². The van der Waals surface area contributed by atoms with Crippen LogP contribution in [0, 0.1) is 23.5 Å². The summed E-state index contributed by atoms with van der Waals surface area (Å²) in [5.74, 6) is 3.21. The van der Waals surface area contributed by atoms with E-state index < -0.39 is 11.6 Å². The SMILES string of the molecule is [N-]=[N+]=NCC#Cc1cc(F)cc(F)c1N. The van der Waals surface area contributed by atoms with E-state index in [0.717, 1.165) is 6.07 Å². The summed E-state index contributed by atoms with van der Waals surface area (Å²) in [5.41, 5.74) is 13.1. The molecule has 4 nitrogen and oxygen atoms in total. The van der Waals surface area contributed by atoms with Crippen molar-refractivity contribution in [3.8, 4) is 11.8 Å². The molecular formula is C9H6F2N4. The Kier molecular flexibility index (Phi) is 3.49. The van der Waals surface area contributed by atoms with Crippen LogP contribution in [0.15, 0.2) is 17.2 Å². The summed E-state index contributed by atoms with van der Waals surface area (Å²) < 4.78 is 25.6. The maximum absolute atomic E-state index is 12.9. The Labute approximate surface area is 84.3 Å². The van der Waals surface area contributed by atoms with Crippen LogP contribution in [0.5, 0.6) is 0 Å². The van der Waals surface area contributed by atoms with E-state index in [9.17, 15) is 8.78 Å². The largest absolute Gasteiger partial charge is 0.395 e. The zero-order valence-electron chi connectivity index (χ0n) is 7.54. The predicted molar refractivity (Wildman–Crippen MR) is 51.7 cm³/mol. The number of azide groups is 1. The number of rotatable bonds is 1. The molecule has 0 amide bonds. The molecule has 0 saturated heterocycles. The molecule has 0 aromatic heterocycles. The lowest BCUT2D eigenvalue weighted by Crippen LogP contribution is -1.96. The van der Waals surface area contributed by atoms with Crippen molar-refractivity contribution in [1.82, 2.24) is 0 Å². The molecule has 6 heteroatoms. The summed E-state index contributed by atoms with van der Waals surface area (Å²) in [7, 11) is 0. The Morgan fingerprint density at radius 2 is 2.20 bits per heavy atom. The number of nitrogen functional groups attached to an aromatic ring is 1. The van der Waals surface area contributed by atoms with Gasteiger partial charge in [0.25, 0.3) is 0 Å². The molecule has 0 atom stereocenters. The van der Waals surface area contributed by atoms with Crippen LogP contribution in [0.2, 0.25) is 0 Å². The molecule has 0 heterocycles. The van der Waals surface area contributed by atoms with E-state index >= 15 is 0 Å². The average molecular weight is 208 g/mol. The van der Waals surface area contributed by atoms with Crippen molar-refractivity contribution in [2.45, 2.75) is 0 Å². The highest BCUT2D eigenvalue weighted by Crippen LogP contribution is 2.16. The van der Waals surface area contributed by atoms with Gasteiger partial charge in [-0.15, -0.1) is 0 Å². The van der Waals surface area contributed by atoms with Gasteiger partial charge in [0.2, 0.25) is 0 Å². The first-order valence-electron chi connectivity index (χ1n) is 3.89. The van der Waals surface area contributed by atoms with Crippen molar-refractivity contribution in [1.29, 1.82) is 0 Å². The third-order valence-corrected chi connectivity index (χ3v) is 1.53. The molecule has 2 N–H and O–H groups in total. The maximum Gasteiger partial charge on any atom is 0.150 e. The van der Waals surface area contributed by atoms with Crippen LogP contribution >= 0.6 is 0 Å². The van der Waals surface area contributed by atoms with E-state index in [1.807, 2.05) is 0 Å². The Bertz CT molecular complexity index is 481. The maximum atomic E-state index is 12.9. The van der Waals surface area contributed by atoms with E-state index in [2.05, 4.69) is 21.9 Å². The summed E-state index contributed by atoms with van der Waals surface area (Å²) in [6.45, 7) is -0.0753. The van der Waals surface area contributed by atoms with Crippen molar-refractivity contribution < 1.29 is 8.78 Å². The Morgan fingerprint density at radius 3 is 2.87 bits per heavy atom. The number of halogens is 2. The predicted octanol–water partition coefficient (Wildman–Crippen LogP) is 2.21. The summed E-state index contributed by atoms with van der Waals surface area (Å²) in [5, 5.41) is 3.14. The molecule has 1 aromatic rings. The Balaban J connectivity index is 3.02. The zero-order valence-corrected chi connectivity index (χ0v) is 7.54. The van der Waals surface area contributed by atoms with Gasteiger partial charge in [0.05, 0.1) is 17.8 Å². The minimum absolute atomic E-state index is 0.0423. The number of hydrogen-bond acceptors (Lipinski definition) is 2. The fourth-order valence-corrected chi connectivity index (χ4v) is 0.890. The highest BCUT2D eigenvalue weighted by Gasteiger charge is 2.05. The fraction of sp³-hybridized carbons (Fsp3) is 0.111. The molecule has 0 aliphatic rings. The number of nitrogens with zero attached hydrogens (tertiary/aromatic N) is 3. The molecular weight excluding hydrogens is 202 g/mol. The van der Waals surface area contributed by atoms with E-state index in [1.165, 1.54) is 0 Å². The van der Waals surface area contributed by atoms with Crippen molar-refractivity contribution in [3.63, 3.8) is 0 Å². The van der Waals surface area contributed by atoms with Crippen LogP contribution in [0.4, 0.5) is 14.5 Å². The molecule has 0 bridgehead atoms. The van der Waals surface area contributed by atoms with Gasteiger partial charge >= 0.3 is 0 Å². The van der Waals surface area contributed by atoms with Gasteiger partial charge < -0.3 is 5.73 Å². The topological polar surface area (TPSA) is 74.8 Å². The lowest BCUT2D eigenvalue weighted by Gasteiger charge is -1.99. The molecule has 0 aliphatic heterocycles. The minimum Gasteiger partial charge on any atom is -0.395 e. The van der Waals surface area contributed by atoms with E-state index in [0.29, 0.717) is 6.07 Å². The third-order valence-electron chi connectivity index (χ3n) is 1.53. The molecule has 76 valence electrons. The van der Waals surface area contributed by atoms with Crippen LogP contribution in [0.1, 0.15) is 5.56 Å². The lowest BCUT2D eigenvalue weighted by molar-refractivity contribution is 0.586. The molecule has 0 aliphatic carbocycles. The summed E-state index contributed by atoms with van der Waals surface area (Å²) in [6.07, 6.45) is 0. The minimum atomic E-state index is -0.858. The van der Waals surface area contributed by atoms with Crippen molar-refractivity contribution in [3.05, 3.63) is 39.8 Å². The fourth-order valence-electron chi connectivity index (χ4n) is 0.890. The molecule has 0 spiro atoms. The smallest absolute Gasteiger partial charge is 0.150 e. The molecule has 0 radical (unpaired) electrons. The summed E-state index contributed by atoms with van der Waals surface area (Å²) >= 11 is 0. The normalized spacial score (nSPS) is 8.67. The summed E-state index contributed by atoms with van der Waals surface area (Å²) in [6, 6.07) is 1.69. The Morgan fingerprint density at radius 1 is 1.47 bits per heavy atom. The number of anilines is 1. The second-order valence-electron chi connectivity index (χ2n) is 2.54. The first-order chi connectivity index (χ1) is 7.15. The molecule has 1 rings (SSSR count). The number of hydrogen-bond donors (Lipinski definition) is 1. The number of benzene rings is 1. The zero-order chi connectivity index (χ0) is 11.3. The average Bonchev–Trinajstić information content (AvgIpc) is 2.19. The van der Waals surface area contributed by atoms with Crippen LogP contribution in [-0.2, 0) is 0 Å². The third kappa shape index (κ3) is 2.86. The second kappa shape index (κ2) is 4.84. The van der Waals surface area contributed by atoms with Gasteiger partial charge in [0.1, 0.15) is 11.6 Å². The molecule has 0 unspecified atom stereocenters. The molecule has 0 fully saturated rings. The van der Waals surface area contributed by atoms with Crippen molar-refractivity contribution in [2.24, 2.45) is 5.11 Å². The molecule has 1 aromatic carbocycles. The molecule has 0 saturated carbocycles. The Hall–Kier alpha value is -2.25. The van der Waals surface area contributed by atoms with Gasteiger partial charge in [-0.3, -0.25) is 0 Å². The van der Waals surface area contributed by atoms with Crippen LogP contribution < -0.4 is 5.73 Å². The highest BCUT2D eigenvalue weighted by molar-refractivity contribution is 5.56. The van der Waals surface area contributed by atoms with Gasteiger partial charge in [0, 0.05) is 11.0 Å². The van der Waals surface area contributed by atoms with Crippen molar-refractivity contribution in [2.75, 3.05) is 12.3 Å². The van der Waals surface area contributed by atoms with E-state index in [4.69, 9.17) is 11.3 Å². The lowest BCUT2D eigenvalue weighted by atomic mass is 10.1.